The summed E-state index contributed by atoms with van der Waals surface area (Å²) in [5, 5.41) is 3.58. The van der Waals surface area contributed by atoms with Gasteiger partial charge in [0.1, 0.15) is 18.9 Å². The van der Waals surface area contributed by atoms with Crippen molar-refractivity contribution >= 4 is 11.9 Å². The van der Waals surface area contributed by atoms with Gasteiger partial charge in [-0.3, -0.25) is 9.59 Å². The molecule has 0 aliphatic rings. The van der Waals surface area contributed by atoms with Crippen LogP contribution in [0.3, 0.4) is 0 Å². The van der Waals surface area contributed by atoms with Crippen LogP contribution < -0.4 is 4.74 Å². The number of benzene rings is 1. The molecule has 27 heavy (non-hydrogen) atoms. The first-order valence-corrected chi connectivity index (χ1v) is 7.87. The fraction of sp³-hybridized carbons (Fsp3) is 0.353. The summed E-state index contributed by atoms with van der Waals surface area (Å²) in [7, 11) is 1.40. The molecule has 10 heteroatoms. The Labute approximate surface area is 152 Å². The predicted molar refractivity (Wildman–Crippen MR) is 85.9 cm³/mol. The summed E-state index contributed by atoms with van der Waals surface area (Å²) >= 11 is 0. The molecule has 1 aromatic heterocycles. The summed E-state index contributed by atoms with van der Waals surface area (Å²) in [5.41, 5.74) is -0.904. The minimum Gasteiger partial charge on any atom is -0.486 e. The highest BCUT2D eigenvalue weighted by atomic mass is 19.4. The molecular weight excluding hydrogens is 369 g/mol. The molecule has 146 valence electrons. The largest absolute Gasteiger partial charge is 0.486 e. The SMILES string of the molecule is CCOC(=O)CN(C)C(=O)c1cc(COc2cccc(C(F)(F)F)c2)on1. The molecule has 0 unspecified atom stereocenters. The molecule has 0 N–H and O–H groups in total. The first-order valence-electron chi connectivity index (χ1n) is 7.87. The number of nitrogens with zero attached hydrogens (tertiary/aromatic N) is 2. The molecule has 0 saturated carbocycles. The Kier molecular flexibility index (Phi) is 6.43. The topological polar surface area (TPSA) is 81.9 Å². The number of hydrogen-bond donors (Lipinski definition) is 0. The van der Waals surface area contributed by atoms with Gasteiger partial charge in [0.15, 0.2) is 11.5 Å². The second kappa shape index (κ2) is 8.56. The number of ether oxygens (including phenoxy) is 2. The van der Waals surface area contributed by atoms with Crippen LogP contribution in [0.4, 0.5) is 13.2 Å². The van der Waals surface area contributed by atoms with Gasteiger partial charge in [-0.2, -0.15) is 13.2 Å². The highest BCUT2D eigenvalue weighted by molar-refractivity contribution is 5.94. The zero-order valence-corrected chi connectivity index (χ0v) is 14.6. The molecule has 1 heterocycles. The maximum Gasteiger partial charge on any atom is 0.416 e. The van der Waals surface area contributed by atoms with Crippen LogP contribution in [0.5, 0.6) is 5.75 Å². The van der Waals surface area contributed by atoms with Gasteiger partial charge >= 0.3 is 12.1 Å². The van der Waals surface area contributed by atoms with Crippen LogP contribution >= 0.6 is 0 Å². The molecule has 0 aliphatic heterocycles. The quantitative estimate of drug-likeness (QED) is 0.681. The Balaban J connectivity index is 1.96. The van der Waals surface area contributed by atoms with Crippen molar-refractivity contribution in [2.75, 3.05) is 20.2 Å². The van der Waals surface area contributed by atoms with Gasteiger partial charge in [0, 0.05) is 13.1 Å². The number of amides is 1. The van der Waals surface area contributed by atoms with Gasteiger partial charge in [-0.15, -0.1) is 0 Å². The lowest BCUT2D eigenvalue weighted by molar-refractivity contribution is -0.143. The van der Waals surface area contributed by atoms with E-state index in [9.17, 15) is 22.8 Å². The van der Waals surface area contributed by atoms with Gasteiger partial charge in [-0.25, -0.2) is 0 Å². The van der Waals surface area contributed by atoms with Crippen molar-refractivity contribution in [3.8, 4) is 5.75 Å². The third-order valence-corrected chi connectivity index (χ3v) is 3.34. The van der Waals surface area contributed by atoms with E-state index in [-0.39, 0.29) is 37.0 Å². The molecule has 0 aliphatic carbocycles. The fourth-order valence-corrected chi connectivity index (χ4v) is 2.07. The van der Waals surface area contributed by atoms with E-state index in [1.807, 2.05) is 0 Å². The van der Waals surface area contributed by atoms with Crippen molar-refractivity contribution in [1.82, 2.24) is 10.1 Å². The summed E-state index contributed by atoms with van der Waals surface area (Å²) in [6.45, 7) is 1.37. The third kappa shape index (κ3) is 5.73. The summed E-state index contributed by atoms with van der Waals surface area (Å²) in [6.07, 6.45) is -4.48. The van der Waals surface area contributed by atoms with Crippen molar-refractivity contribution in [3.63, 3.8) is 0 Å². The minimum absolute atomic E-state index is 0.00599. The Bertz CT molecular complexity index is 804. The predicted octanol–water partition coefficient (Wildman–Crippen LogP) is 2.91. The molecule has 1 aromatic carbocycles. The average molecular weight is 386 g/mol. The van der Waals surface area contributed by atoms with Crippen LogP contribution in [0.1, 0.15) is 28.7 Å². The highest BCUT2D eigenvalue weighted by Crippen LogP contribution is 2.31. The van der Waals surface area contributed by atoms with E-state index in [1.165, 1.54) is 25.2 Å². The van der Waals surface area contributed by atoms with Crippen LogP contribution in [-0.4, -0.2) is 42.1 Å². The molecule has 2 aromatic rings. The molecule has 0 bridgehead atoms. The minimum atomic E-state index is -4.48. The number of aromatic nitrogens is 1. The fourth-order valence-electron chi connectivity index (χ4n) is 2.07. The van der Waals surface area contributed by atoms with E-state index in [0.29, 0.717) is 0 Å². The maximum atomic E-state index is 12.7. The normalized spacial score (nSPS) is 11.1. The number of carbonyl (C=O) groups excluding carboxylic acids is 2. The molecule has 0 radical (unpaired) electrons. The first kappa shape index (κ1) is 20.3. The van der Waals surface area contributed by atoms with E-state index < -0.39 is 23.6 Å². The Morgan fingerprint density at radius 1 is 1.26 bits per heavy atom. The van der Waals surface area contributed by atoms with E-state index >= 15 is 0 Å². The van der Waals surface area contributed by atoms with Crippen molar-refractivity contribution in [2.24, 2.45) is 0 Å². The maximum absolute atomic E-state index is 12.7. The van der Waals surface area contributed by atoms with E-state index in [2.05, 4.69) is 5.16 Å². The molecule has 1 amide bonds. The average Bonchev–Trinajstić information content (AvgIpc) is 3.08. The van der Waals surface area contributed by atoms with Gasteiger partial charge < -0.3 is 18.9 Å². The number of rotatable bonds is 7. The molecule has 7 nitrogen and oxygen atoms in total. The smallest absolute Gasteiger partial charge is 0.416 e. The number of hydrogen-bond acceptors (Lipinski definition) is 6. The summed E-state index contributed by atoms with van der Waals surface area (Å²) < 4.78 is 53.0. The van der Waals surface area contributed by atoms with Gasteiger partial charge in [0.25, 0.3) is 5.91 Å². The molecule has 2 rings (SSSR count). The Morgan fingerprint density at radius 2 is 2.00 bits per heavy atom. The Morgan fingerprint density at radius 3 is 2.67 bits per heavy atom. The lowest BCUT2D eigenvalue weighted by Crippen LogP contribution is -2.33. The number of alkyl halides is 3. The zero-order valence-electron chi connectivity index (χ0n) is 14.6. The van der Waals surface area contributed by atoms with Crippen LogP contribution in [0.2, 0.25) is 0 Å². The lowest BCUT2D eigenvalue weighted by Gasteiger charge is -2.13. The summed E-state index contributed by atoms with van der Waals surface area (Å²) in [4.78, 5) is 24.7. The highest BCUT2D eigenvalue weighted by Gasteiger charge is 2.30. The van der Waals surface area contributed by atoms with Crippen molar-refractivity contribution in [3.05, 3.63) is 47.3 Å². The second-order valence-corrected chi connectivity index (χ2v) is 5.46. The van der Waals surface area contributed by atoms with Gasteiger partial charge in [-0.1, -0.05) is 11.2 Å². The van der Waals surface area contributed by atoms with E-state index in [0.717, 1.165) is 17.0 Å². The third-order valence-electron chi connectivity index (χ3n) is 3.34. The standard InChI is InChI=1S/C17H17F3N2O5/c1-3-25-15(23)9-22(2)16(24)14-8-13(27-21-14)10-26-12-6-4-5-11(7-12)17(18,19)20/h4-8H,3,9-10H2,1-2H3. The molecule has 0 fully saturated rings. The first-order chi connectivity index (χ1) is 12.7. The van der Waals surface area contributed by atoms with Crippen LogP contribution in [0, 0.1) is 0 Å². The zero-order chi connectivity index (χ0) is 20.0. The van der Waals surface area contributed by atoms with E-state index in [4.69, 9.17) is 14.0 Å². The number of likely N-dealkylation sites (N-methyl/N-ethyl adjacent to an activating group) is 1. The van der Waals surface area contributed by atoms with Gasteiger partial charge in [0.05, 0.1) is 12.2 Å². The second-order valence-electron chi connectivity index (χ2n) is 5.46. The molecular formula is C17H17F3N2O5. The summed E-state index contributed by atoms with van der Waals surface area (Å²) in [6, 6.07) is 5.66. The summed E-state index contributed by atoms with van der Waals surface area (Å²) in [5.74, 6) is -1.00. The van der Waals surface area contributed by atoms with Crippen molar-refractivity contribution < 1.29 is 36.8 Å². The number of halogens is 3. The van der Waals surface area contributed by atoms with Crippen LogP contribution in [0.25, 0.3) is 0 Å². The van der Waals surface area contributed by atoms with Crippen LogP contribution in [0.15, 0.2) is 34.9 Å². The van der Waals surface area contributed by atoms with Crippen molar-refractivity contribution in [2.45, 2.75) is 19.7 Å². The van der Waals surface area contributed by atoms with E-state index in [1.54, 1.807) is 6.92 Å². The molecule has 0 saturated heterocycles. The molecule has 0 atom stereocenters. The monoisotopic (exact) mass is 386 g/mol. The Hall–Kier alpha value is -3.04. The van der Waals surface area contributed by atoms with Crippen LogP contribution in [-0.2, 0) is 22.3 Å². The molecule has 0 spiro atoms. The lowest BCUT2D eigenvalue weighted by atomic mass is 10.2. The van der Waals surface area contributed by atoms with Gasteiger partial charge in [0.2, 0.25) is 0 Å². The number of esters is 1. The van der Waals surface area contributed by atoms with Gasteiger partial charge in [-0.05, 0) is 25.1 Å². The van der Waals surface area contributed by atoms with Crippen molar-refractivity contribution in [1.29, 1.82) is 0 Å². The number of carbonyl (C=O) groups is 2.